The van der Waals surface area contributed by atoms with Gasteiger partial charge in [0.25, 0.3) is 0 Å². The zero-order valence-electron chi connectivity index (χ0n) is 9.83. The molecule has 1 unspecified atom stereocenters. The fourth-order valence-electron chi connectivity index (χ4n) is 1.43. The van der Waals surface area contributed by atoms with Crippen LogP contribution in [0.1, 0.15) is 18.4 Å². The zero-order chi connectivity index (χ0) is 12.3. The molecule has 0 aromatic carbocycles. The highest BCUT2D eigenvalue weighted by Crippen LogP contribution is 2.19. The van der Waals surface area contributed by atoms with Gasteiger partial charge in [-0.05, 0) is 18.4 Å². The van der Waals surface area contributed by atoms with Crippen LogP contribution < -0.4 is 5.73 Å². The quantitative estimate of drug-likeness (QED) is 0.862. The molecule has 0 radical (unpaired) electrons. The first-order valence-corrected chi connectivity index (χ1v) is 6.66. The Morgan fingerprint density at radius 3 is 3.06 bits per heavy atom. The predicted octanol–water partition coefficient (Wildman–Crippen LogP) is 1.22. The summed E-state index contributed by atoms with van der Waals surface area (Å²) in [5.74, 6) is 1.99. The number of rotatable bonds is 5. The van der Waals surface area contributed by atoms with Crippen molar-refractivity contribution in [2.45, 2.75) is 12.5 Å². The standard InChI is InChI=1S/C10H15N5OS/c1-15-6-12-5-8(15)9-13-10(16-14-9)7(11)3-4-17-2/h5-7H,3-4,11H2,1-2H3. The second-order valence-corrected chi connectivity index (χ2v) is 4.72. The lowest BCUT2D eigenvalue weighted by Crippen LogP contribution is -2.11. The van der Waals surface area contributed by atoms with E-state index in [0.29, 0.717) is 11.7 Å². The predicted molar refractivity (Wildman–Crippen MR) is 66.4 cm³/mol. The minimum Gasteiger partial charge on any atom is -0.337 e. The fraction of sp³-hybridized carbons (Fsp3) is 0.500. The normalized spacial score (nSPS) is 12.9. The van der Waals surface area contributed by atoms with E-state index in [0.717, 1.165) is 17.9 Å². The Bertz CT molecular complexity index is 481. The van der Waals surface area contributed by atoms with E-state index in [2.05, 4.69) is 15.1 Å². The van der Waals surface area contributed by atoms with Gasteiger partial charge in [-0.25, -0.2) is 4.98 Å². The minimum absolute atomic E-state index is 0.197. The van der Waals surface area contributed by atoms with E-state index in [9.17, 15) is 0 Å². The Morgan fingerprint density at radius 1 is 1.59 bits per heavy atom. The van der Waals surface area contributed by atoms with Gasteiger partial charge in [-0.3, -0.25) is 0 Å². The van der Waals surface area contributed by atoms with Crippen molar-refractivity contribution in [3.63, 3.8) is 0 Å². The molecule has 0 aliphatic carbocycles. The van der Waals surface area contributed by atoms with E-state index in [-0.39, 0.29) is 6.04 Å². The molecule has 0 spiro atoms. The number of nitrogens with two attached hydrogens (primary N) is 1. The highest BCUT2D eigenvalue weighted by molar-refractivity contribution is 7.98. The summed E-state index contributed by atoms with van der Waals surface area (Å²) in [7, 11) is 1.88. The second-order valence-electron chi connectivity index (χ2n) is 3.73. The average Bonchev–Trinajstić information content (AvgIpc) is 2.93. The average molecular weight is 253 g/mol. The Balaban J connectivity index is 2.13. The molecule has 0 aliphatic heterocycles. The van der Waals surface area contributed by atoms with Crippen LogP contribution in [0.15, 0.2) is 17.0 Å². The second kappa shape index (κ2) is 5.33. The molecule has 92 valence electrons. The van der Waals surface area contributed by atoms with Crippen LogP contribution in [-0.2, 0) is 7.05 Å². The summed E-state index contributed by atoms with van der Waals surface area (Å²) in [5, 5.41) is 3.91. The zero-order valence-corrected chi connectivity index (χ0v) is 10.6. The number of nitrogens with zero attached hydrogens (tertiary/aromatic N) is 4. The summed E-state index contributed by atoms with van der Waals surface area (Å²) >= 11 is 1.75. The Hall–Kier alpha value is -1.34. The van der Waals surface area contributed by atoms with Gasteiger partial charge in [0.2, 0.25) is 11.7 Å². The molecule has 2 aromatic rings. The summed E-state index contributed by atoms with van der Waals surface area (Å²) in [5.41, 5.74) is 6.77. The number of imidazole rings is 1. The molecule has 1 atom stereocenters. The van der Waals surface area contributed by atoms with Crippen LogP contribution >= 0.6 is 11.8 Å². The molecule has 17 heavy (non-hydrogen) atoms. The number of aryl methyl sites for hydroxylation is 1. The summed E-state index contributed by atoms with van der Waals surface area (Å²) in [6.45, 7) is 0. The third-order valence-corrected chi connectivity index (χ3v) is 3.08. The van der Waals surface area contributed by atoms with Crippen molar-refractivity contribution in [3.8, 4) is 11.5 Å². The van der Waals surface area contributed by atoms with E-state index < -0.39 is 0 Å². The SMILES string of the molecule is CSCCC(N)c1nc(-c2cncn2C)no1. The van der Waals surface area contributed by atoms with Crippen LogP contribution in [0.3, 0.4) is 0 Å². The van der Waals surface area contributed by atoms with Gasteiger partial charge in [0.05, 0.1) is 18.6 Å². The summed E-state index contributed by atoms with van der Waals surface area (Å²) < 4.78 is 7.00. The molecule has 0 saturated heterocycles. The lowest BCUT2D eigenvalue weighted by Gasteiger charge is -2.03. The van der Waals surface area contributed by atoms with Crippen LogP contribution in [-0.4, -0.2) is 31.7 Å². The van der Waals surface area contributed by atoms with Gasteiger partial charge in [-0.2, -0.15) is 16.7 Å². The first-order valence-electron chi connectivity index (χ1n) is 5.27. The van der Waals surface area contributed by atoms with E-state index in [1.54, 1.807) is 24.3 Å². The largest absolute Gasteiger partial charge is 0.337 e. The molecule has 2 rings (SSSR count). The maximum Gasteiger partial charge on any atom is 0.243 e. The molecule has 2 aromatic heterocycles. The van der Waals surface area contributed by atoms with Gasteiger partial charge >= 0.3 is 0 Å². The van der Waals surface area contributed by atoms with Crippen molar-refractivity contribution in [2.24, 2.45) is 12.8 Å². The van der Waals surface area contributed by atoms with Crippen molar-refractivity contribution >= 4 is 11.8 Å². The molecule has 0 bridgehead atoms. The molecule has 0 saturated carbocycles. The van der Waals surface area contributed by atoms with Crippen LogP contribution in [0.5, 0.6) is 0 Å². The maximum absolute atomic E-state index is 5.95. The van der Waals surface area contributed by atoms with Crippen LogP contribution in [0.4, 0.5) is 0 Å². The number of hydrogen-bond acceptors (Lipinski definition) is 6. The van der Waals surface area contributed by atoms with E-state index in [1.165, 1.54) is 0 Å². The van der Waals surface area contributed by atoms with Crippen molar-refractivity contribution in [2.75, 3.05) is 12.0 Å². The smallest absolute Gasteiger partial charge is 0.243 e. The number of thioether (sulfide) groups is 1. The molecular formula is C10H15N5OS. The van der Waals surface area contributed by atoms with Crippen molar-refractivity contribution in [3.05, 3.63) is 18.4 Å². The molecule has 6 nitrogen and oxygen atoms in total. The van der Waals surface area contributed by atoms with Crippen LogP contribution in [0.25, 0.3) is 11.5 Å². The van der Waals surface area contributed by atoms with E-state index >= 15 is 0 Å². The third kappa shape index (κ3) is 2.67. The number of hydrogen-bond donors (Lipinski definition) is 1. The van der Waals surface area contributed by atoms with Gasteiger partial charge in [-0.1, -0.05) is 5.16 Å². The molecule has 2 N–H and O–H groups in total. The van der Waals surface area contributed by atoms with Crippen LogP contribution in [0.2, 0.25) is 0 Å². The molecular weight excluding hydrogens is 238 g/mol. The van der Waals surface area contributed by atoms with Crippen molar-refractivity contribution < 1.29 is 4.52 Å². The van der Waals surface area contributed by atoms with Crippen molar-refractivity contribution in [1.82, 2.24) is 19.7 Å². The molecule has 0 fully saturated rings. The third-order valence-electron chi connectivity index (χ3n) is 2.44. The first kappa shape index (κ1) is 12.1. The molecule has 7 heteroatoms. The number of aromatic nitrogens is 4. The summed E-state index contributed by atoms with van der Waals surface area (Å²) in [4.78, 5) is 8.30. The lowest BCUT2D eigenvalue weighted by molar-refractivity contribution is 0.353. The van der Waals surface area contributed by atoms with Gasteiger partial charge in [0.1, 0.15) is 5.69 Å². The highest BCUT2D eigenvalue weighted by atomic mass is 32.2. The van der Waals surface area contributed by atoms with Crippen LogP contribution in [0, 0.1) is 0 Å². The topological polar surface area (TPSA) is 82.8 Å². The Morgan fingerprint density at radius 2 is 2.41 bits per heavy atom. The molecule has 0 amide bonds. The molecule has 0 aliphatic rings. The van der Waals surface area contributed by atoms with Gasteiger partial charge in [0, 0.05) is 7.05 Å². The van der Waals surface area contributed by atoms with Gasteiger partial charge < -0.3 is 14.8 Å². The summed E-state index contributed by atoms with van der Waals surface area (Å²) in [6, 6.07) is -0.197. The fourth-order valence-corrected chi connectivity index (χ4v) is 1.92. The molecule has 2 heterocycles. The van der Waals surface area contributed by atoms with Gasteiger partial charge in [-0.15, -0.1) is 0 Å². The Kier molecular flexibility index (Phi) is 3.80. The monoisotopic (exact) mass is 253 g/mol. The Labute approximate surface area is 104 Å². The van der Waals surface area contributed by atoms with E-state index in [4.69, 9.17) is 10.3 Å². The lowest BCUT2D eigenvalue weighted by atomic mass is 10.2. The minimum atomic E-state index is -0.197. The highest BCUT2D eigenvalue weighted by Gasteiger charge is 2.16. The maximum atomic E-state index is 5.95. The van der Waals surface area contributed by atoms with E-state index in [1.807, 2.05) is 17.9 Å². The summed E-state index contributed by atoms with van der Waals surface area (Å²) in [6.07, 6.45) is 6.26. The first-order chi connectivity index (χ1) is 8.22. The van der Waals surface area contributed by atoms with Gasteiger partial charge in [0.15, 0.2) is 0 Å². The van der Waals surface area contributed by atoms with Crippen molar-refractivity contribution in [1.29, 1.82) is 0 Å².